The van der Waals surface area contributed by atoms with Crippen molar-refractivity contribution in [3.8, 4) is 0 Å². The van der Waals surface area contributed by atoms with E-state index in [-0.39, 0.29) is 0 Å². The minimum atomic E-state index is 0.620. The first kappa shape index (κ1) is 34.4. The van der Waals surface area contributed by atoms with E-state index in [1.807, 2.05) is 0 Å². The average molecular weight is 519 g/mol. The number of hydrogen-bond donors (Lipinski definition) is 0. The molecule has 1 atom stereocenters. The molecule has 0 saturated heterocycles. The fourth-order valence-electron chi connectivity index (χ4n) is 6.10. The SMILES string of the molecule is CCCCCCCCCCCCCCCCCCCN1C=CN(CCCCCCCCCCC)C1CC. The Hall–Kier alpha value is -0.660. The topological polar surface area (TPSA) is 6.48 Å². The van der Waals surface area contributed by atoms with Crippen molar-refractivity contribution in [3.05, 3.63) is 12.4 Å². The summed E-state index contributed by atoms with van der Waals surface area (Å²) in [6.45, 7) is 9.48. The molecule has 2 nitrogen and oxygen atoms in total. The van der Waals surface area contributed by atoms with Crippen molar-refractivity contribution < 1.29 is 0 Å². The van der Waals surface area contributed by atoms with Crippen molar-refractivity contribution in [1.29, 1.82) is 0 Å². The van der Waals surface area contributed by atoms with Crippen LogP contribution in [0.2, 0.25) is 0 Å². The molecule has 0 fully saturated rings. The van der Waals surface area contributed by atoms with Crippen LogP contribution in [0.15, 0.2) is 12.4 Å². The molecule has 0 spiro atoms. The Balaban J connectivity index is 1.87. The summed E-state index contributed by atoms with van der Waals surface area (Å²) in [6.07, 6.45) is 44.1. The van der Waals surface area contributed by atoms with Crippen molar-refractivity contribution in [2.24, 2.45) is 0 Å². The lowest BCUT2D eigenvalue weighted by molar-refractivity contribution is 0.144. The lowest BCUT2D eigenvalue weighted by Crippen LogP contribution is -2.38. The zero-order chi connectivity index (χ0) is 26.7. The van der Waals surface area contributed by atoms with Crippen molar-refractivity contribution in [2.75, 3.05) is 13.1 Å². The maximum Gasteiger partial charge on any atom is 0.100 e. The van der Waals surface area contributed by atoms with E-state index in [0.29, 0.717) is 6.17 Å². The maximum atomic E-state index is 2.62. The molecule has 0 amide bonds. The van der Waals surface area contributed by atoms with Gasteiger partial charge in [0.2, 0.25) is 0 Å². The summed E-state index contributed by atoms with van der Waals surface area (Å²) in [5.41, 5.74) is 0. The van der Waals surface area contributed by atoms with Crippen LogP contribution in [0.4, 0.5) is 0 Å². The quantitative estimate of drug-likeness (QED) is 0.0908. The summed E-state index contributed by atoms with van der Waals surface area (Å²) in [4.78, 5) is 5.24. The van der Waals surface area contributed by atoms with Gasteiger partial charge in [-0.2, -0.15) is 0 Å². The van der Waals surface area contributed by atoms with E-state index in [2.05, 4.69) is 43.0 Å². The summed E-state index contributed by atoms with van der Waals surface area (Å²) >= 11 is 0. The van der Waals surface area contributed by atoms with Gasteiger partial charge in [-0.25, -0.2) is 0 Å². The molecule has 0 radical (unpaired) electrons. The normalized spacial score (nSPS) is 15.4. The first-order valence-electron chi connectivity index (χ1n) is 17.5. The summed E-state index contributed by atoms with van der Waals surface area (Å²) in [5, 5.41) is 0. The van der Waals surface area contributed by atoms with Gasteiger partial charge < -0.3 is 9.80 Å². The second-order valence-corrected chi connectivity index (χ2v) is 12.1. The second-order valence-electron chi connectivity index (χ2n) is 12.1. The Morgan fingerprint density at radius 1 is 0.351 bits per heavy atom. The van der Waals surface area contributed by atoms with Gasteiger partial charge in [-0.15, -0.1) is 0 Å². The van der Waals surface area contributed by atoms with Gasteiger partial charge in [-0.1, -0.05) is 175 Å². The van der Waals surface area contributed by atoms with E-state index in [9.17, 15) is 0 Å². The highest BCUT2D eigenvalue weighted by Crippen LogP contribution is 2.21. The van der Waals surface area contributed by atoms with E-state index in [1.54, 1.807) is 0 Å². The van der Waals surface area contributed by atoms with Gasteiger partial charge in [-0.3, -0.25) is 0 Å². The molecule has 0 bridgehead atoms. The standard InChI is InChI=1S/C35H70N2/c1-4-7-9-11-13-15-16-17-18-19-20-21-22-24-26-28-30-32-37-34-33-36(35(37)6-3)31-29-27-25-23-14-12-10-8-5-2/h33-35H,4-32H2,1-3H3. The third-order valence-corrected chi connectivity index (χ3v) is 8.62. The highest BCUT2D eigenvalue weighted by molar-refractivity contribution is 4.96. The lowest BCUT2D eigenvalue weighted by atomic mass is 10.0. The van der Waals surface area contributed by atoms with E-state index < -0.39 is 0 Å². The largest absolute Gasteiger partial charge is 0.356 e. The van der Waals surface area contributed by atoms with Crippen LogP contribution in [0.25, 0.3) is 0 Å². The van der Waals surface area contributed by atoms with Crippen molar-refractivity contribution in [3.63, 3.8) is 0 Å². The Morgan fingerprint density at radius 2 is 0.595 bits per heavy atom. The Morgan fingerprint density at radius 3 is 0.838 bits per heavy atom. The van der Waals surface area contributed by atoms with Crippen LogP contribution in [0.5, 0.6) is 0 Å². The summed E-state index contributed by atoms with van der Waals surface area (Å²) in [7, 11) is 0. The first-order chi connectivity index (χ1) is 18.3. The van der Waals surface area contributed by atoms with Gasteiger partial charge >= 0.3 is 0 Å². The van der Waals surface area contributed by atoms with E-state index >= 15 is 0 Å². The highest BCUT2D eigenvalue weighted by Gasteiger charge is 2.23. The number of nitrogens with zero attached hydrogens (tertiary/aromatic N) is 2. The molecule has 0 aromatic rings. The Labute approximate surface area is 235 Å². The van der Waals surface area contributed by atoms with Gasteiger partial charge in [-0.05, 0) is 19.3 Å². The van der Waals surface area contributed by atoms with Crippen molar-refractivity contribution in [1.82, 2.24) is 9.80 Å². The van der Waals surface area contributed by atoms with Gasteiger partial charge in [0.15, 0.2) is 0 Å². The minimum absolute atomic E-state index is 0.620. The molecule has 0 saturated carbocycles. The zero-order valence-electron chi connectivity index (χ0n) is 26.1. The molecule has 0 aromatic heterocycles. The molecule has 2 heteroatoms. The minimum Gasteiger partial charge on any atom is -0.356 e. The van der Waals surface area contributed by atoms with Crippen molar-refractivity contribution >= 4 is 0 Å². The average Bonchev–Trinajstić information content (AvgIpc) is 3.31. The van der Waals surface area contributed by atoms with Crippen LogP contribution in [-0.4, -0.2) is 29.1 Å². The molecular weight excluding hydrogens is 448 g/mol. The van der Waals surface area contributed by atoms with Gasteiger partial charge in [0.05, 0.1) is 0 Å². The summed E-state index contributed by atoms with van der Waals surface area (Å²) < 4.78 is 0. The fourth-order valence-corrected chi connectivity index (χ4v) is 6.10. The third kappa shape index (κ3) is 20.0. The number of rotatable bonds is 29. The fraction of sp³-hybridized carbons (Fsp3) is 0.943. The van der Waals surface area contributed by atoms with E-state index in [4.69, 9.17) is 0 Å². The second kappa shape index (κ2) is 26.9. The highest BCUT2D eigenvalue weighted by atomic mass is 15.4. The molecular formula is C35H70N2. The molecule has 0 aliphatic carbocycles. The Bertz CT molecular complexity index is 474. The molecule has 1 unspecified atom stereocenters. The van der Waals surface area contributed by atoms with Crippen LogP contribution < -0.4 is 0 Å². The Kier molecular flexibility index (Phi) is 25.0. The smallest absolute Gasteiger partial charge is 0.100 e. The summed E-state index contributed by atoms with van der Waals surface area (Å²) in [5.74, 6) is 0. The molecule has 1 aliphatic rings. The zero-order valence-corrected chi connectivity index (χ0v) is 26.1. The molecule has 1 rings (SSSR count). The van der Waals surface area contributed by atoms with E-state index in [1.165, 1.54) is 186 Å². The predicted octanol–water partition coefficient (Wildman–Crippen LogP) is 12.0. The molecule has 37 heavy (non-hydrogen) atoms. The molecule has 0 N–H and O–H groups in total. The van der Waals surface area contributed by atoms with E-state index in [0.717, 1.165) is 0 Å². The van der Waals surface area contributed by atoms with Crippen molar-refractivity contribution in [2.45, 2.75) is 200 Å². The molecule has 1 heterocycles. The van der Waals surface area contributed by atoms with Crippen LogP contribution in [0.1, 0.15) is 194 Å². The number of unbranched alkanes of at least 4 members (excludes halogenated alkanes) is 24. The monoisotopic (exact) mass is 519 g/mol. The predicted molar refractivity (Wildman–Crippen MR) is 168 cm³/mol. The molecule has 220 valence electrons. The summed E-state index contributed by atoms with van der Waals surface area (Å²) in [6, 6.07) is 0. The molecule has 0 aromatic carbocycles. The lowest BCUT2D eigenvalue weighted by Gasteiger charge is -2.32. The van der Waals surface area contributed by atoms with Crippen LogP contribution in [0.3, 0.4) is 0 Å². The van der Waals surface area contributed by atoms with Gasteiger partial charge in [0.25, 0.3) is 0 Å². The van der Waals surface area contributed by atoms with Gasteiger partial charge in [0, 0.05) is 25.5 Å². The van der Waals surface area contributed by atoms with Crippen LogP contribution in [-0.2, 0) is 0 Å². The van der Waals surface area contributed by atoms with Crippen LogP contribution in [0, 0.1) is 0 Å². The third-order valence-electron chi connectivity index (χ3n) is 8.62. The molecule has 1 aliphatic heterocycles. The first-order valence-corrected chi connectivity index (χ1v) is 17.5. The van der Waals surface area contributed by atoms with Crippen LogP contribution >= 0.6 is 0 Å². The number of hydrogen-bond acceptors (Lipinski definition) is 2. The van der Waals surface area contributed by atoms with Gasteiger partial charge in [0.1, 0.15) is 6.17 Å². The maximum absolute atomic E-state index is 2.62.